The molecule has 0 atom stereocenters. The van der Waals surface area contributed by atoms with Crippen LogP contribution in [-0.4, -0.2) is 73.1 Å². The van der Waals surface area contributed by atoms with Crippen LogP contribution in [0.3, 0.4) is 0 Å². The number of pyridine rings is 1. The van der Waals surface area contributed by atoms with Gasteiger partial charge in [0.2, 0.25) is 0 Å². The lowest BCUT2D eigenvalue weighted by atomic mass is 10.3. The number of anilines is 2. The maximum absolute atomic E-state index is 10.9. The standard InChI is InChI=1S/C13H22N6O2/c1-16(2)3-4-17-5-7-18(8-6-17)13-10-11(19(20)21)9-12(14)15-13/h9-10H,3-8H2,1-2H3,(H2,14,15). The summed E-state index contributed by atoms with van der Waals surface area (Å²) in [6.07, 6.45) is 0. The molecular formula is C13H22N6O2. The molecule has 21 heavy (non-hydrogen) atoms. The van der Waals surface area contributed by atoms with Gasteiger partial charge in [0.25, 0.3) is 5.69 Å². The molecular weight excluding hydrogens is 272 g/mol. The number of nitro groups is 1. The van der Waals surface area contributed by atoms with E-state index in [4.69, 9.17) is 5.73 Å². The zero-order valence-electron chi connectivity index (χ0n) is 12.5. The third kappa shape index (κ3) is 4.27. The summed E-state index contributed by atoms with van der Waals surface area (Å²) in [7, 11) is 4.12. The number of nitrogen functional groups attached to an aromatic ring is 1. The molecule has 0 bridgehead atoms. The van der Waals surface area contributed by atoms with Crippen LogP contribution in [0.4, 0.5) is 17.3 Å². The fourth-order valence-electron chi connectivity index (χ4n) is 2.33. The molecule has 1 aliphatic heterocycles. The zero-order chi connectivity index (χ0) is 15.4. The molecule has 1 aliphatic rings. The molecule has 0 aromatic carbocycles. The first-order valence-electron chi connectivity index (χ1n) is 6.99. The Morgan fingerprint density at radius 2 is 2.00 bits per heavy atom. The highest BCUT2D eigenvalue weighted by Gasteiger charge is 2.20. The Balaban J connectivity index is 1.97. The highest BCUT2D eigenvalue weighted by Crippen LogP contribution is 2.22. The molecule has 8 nitrogen and oxygen atoms in total. The number of hydrogen-bond donors (Lipinski definition) is 1. The van der Waals surface area contributed by atoms with Gasteiger partial charge in [-0.05, 0) is 14.1 Å². The van der Waals surface area contributed by atoms with Crippen LogP contribution in [0.15, 0.2) is 12.1 Å². The van der Waals surface area contributed by atoms with E-state index >= 15 is 0 Å². The number of rotatable bonds is 5. The average molecular weight is 294 g/mol. The van der Waals surface area contributed by atoms with Crippen LogP contribution in [0.2, 0.25) is 0 Å². The van der Waals surface area contributed by atoms with Crippen LogP contribution >= 0.6 is 0 Å². The number of nitrogens with zero attached hydrogens (tertiary/aromatic N) is 5. The second-order valence-electron chi connectivity index (χ2n) is 5.50. The predicted molar refractivity (Wildman–Crippen MR) is 82.5 cm³/mol. The highest BCUT2D eigenvalue weighted by atomic mass is 16.6. The van der Waals surface area contributed by atoms with Crippen molar-refractivity contribution in [2.24, 2.45) is 0 Å². The summed E-state index contributed by atoms with van der Waals surface area (Å²) in [5.41, 5.74) is 5.65. The Morgan fingerprint density at radius 1 is 1.33 bits per heavy atom. The lowest BCUT2D eigenvalue weighted by Crippen LogP contribution is -2.48. The molecule has 1 fully saturated rings. The van der Waals surface area contributed by atoms with Crippen molar-refractivity contribution in [3.8, 4) is 0 Å². The number of hydrogen-bond acceptors (Lipinski definition) is 7. The van der Waals surface area contributed by atoms with Gasteiger partial charge in [0.15, 0.2) is 0 Å². The third-order valence-corrected chi connectivity index (χ3v) is 3.59. The van der Waals surface area contributed by atoms with Gasteiger partial charge < -0.3 is 15.5 Å². The van der Waals surface area contributed by atoms with Gasteiger partial charge in [-0.3, -0.25) is 15.0 Å². The van der Waals surface area contributed by atoms with Crippen LogP contribution < -0.4 is 10.6 Å². The van der Waals surface area contributed by atoms with E-state index in [2.05, 4.69) is 33.8 Å². The van der Waals surface area contributed by atoms with Crippen molar-refractivity contribution in [3.63, 3.8) is 0 Å². The fourth-order valence-corrected chi connectivity index (χ4v) is 2.33. The number of piperazine rings is 1. The van der Waals surface area contributed by atoms with Crippen molar-refractivity contribution in [1.82, 2.24) is 14.8 Å². The van der Waals surface area contributed by atoms with Gasteiger partial charge in [-0.25, -0.2) is 4.98 Å². The lowest BCUT2D eigenvalue weighted by molar-refractivity contribution is -0.384. The first kappa shape index (κ1) is 15.5. The third-order valence-electron chi connectivity index (χ3n) is 3.59. The molecule has 0 amide bonds. The van der Waals surface area contributed by atoms with Crippen molar-refractivity contribution in [3.05, 3.63) is 22.2 Å². The van der Waals surface area contributed by atoms with E-state index < -0.39 is 4.92 Å². The normalized spacial score (nSPS) is 16.4. The molecule has 0 saturated carbocycles. The Bertz CT molecular complexity index is 499. The smallest absolute Gasteiger partial charge is 0.276 e. The van der Waals surface area contributed by atoms with Crippen molar-refractivity contribution >= 4 is 17.3 Å². The highest BCUT2D eigenvalue weighted by molar-refractivity contribution is 5.54. The average Bonchev–Trinajstić information content (AvgIpc) is 2.45. The van der Waals surface area contributed by atoms with E-state index in [9.17, 15) is 10.1 Å². The molecule has 2 heterocycles. The van der Waals surface area contributed by atoms with Crippen LogP contribution in [0, 0.1) is 10.1 Å². The van der Waals surface area contributed by atoms with E-state index in [1.165, 1.54) is 12.1 Å². The van der Waals surface area contributed by atoms with Gasteiger partial charge in [0.1, 0.15) is 11.6 Å². The van der Waals surface area contributed by atoms with Crippen LogP contribution in [0.25, 0.3) is 0 Å². The molecule has 1 saturated heterocycles. The summed E-state index contributed by atoms with van der Waals surface area (Å²) in [6.45, 7) is 5.53. The zero-order valence-corrected chi connectivity index (χ0v) is 12.5. The summed E-state index contributed by atoms with van der Waals surface area (Å²) in [5, 5.41) is 10.9. The van der Waals surface area contributed by atoms with Gasteiger partial charge >= 0.3 is 0 Å². The first-order valence-corrected chi connectivity index (χ1v) is 6.99. The molecule has 2 N–H and O–H groups in total. The van der Waals surface area contributed by atoms with Gasteiger partial charge in [-0.2, -0.15) is 0 Å². The molecule has 0 unspecified atom stereocenters. The quantitative estimate of drug-likeness (QED) is 0.615. The van der Waals surface area contributed by atoms with Gasteiger partial charge in [0.05, 0.1) is 17.1 Å². The number of aromatic nitrogens is 1. The van der Waals surface area contributed by atoms with Crippen molar-refractivity contribution in [1.29, 1.82) is 0 Å². The molecule has 1 aromatic heterocycles. The molecule has 0 spiro atoms. The Kier molecular flexibility index (Phi) is 4.92. The molecule has 8 heteroatoms. The van der Waals surface area contributed by atoms with Crippen LogP contribution in [-0.2, 0) is 0 Å². The number of likely N-dealkylation sites (N-methyl/N-ethyl adjacent to an activating group) is 1. The topological polar surface area (TPSA) is 91.8 Å². The second-order valence-corrected chi connectivity index (χ2v) is 5.50. The Labute approximate surface area is 124 Å². The molecule has 116 valence electrons. The molecule has 1 aromatic rings. The van der Waals surface area contributed by atoms with Crippen molar-refractivity contribution < 1.29 is 4.92 Å². The van der Waals surface area contributed by atoms with Crippen molar-refractivity contribution in [2.45, 2.75) is 0 Å². The number of nitrogens with two attached hydrogens (primary N) is 1. The minimum atomic E-state index is -0.436. The van der Waals surface area contributed by atoms with Crippen LogP contribution in [0.5, 0.6) is 0 Å². The Morgan fingerprint density at radius 3 is 2.57 bits per heavy atom. The largest absolute Gasteiger partial charge is 0.383 e. The van der Waals surface area contributed by atoms with E-state index in [1.807, 2.05) is 0 Å². The fraction of sp³-hybridized carbons (Fsp3) is 0.615. The first-order chi connectivity index (χ1) is 9.95. The summed E-state index contributed by atoms with van der Waals surface area (Å²) in [5.74, 6) is 0.781. The van der Waals surface area contributed by atoms with E-state index in [0.717, 1.165) is 39.3 Å². The minimum Gasteiger partial charge on any atom is -0.383 e. The lowest BCUT2D eigenvalue weighted by Gasteiger charge is -2.35. The van der Waals surface area contributed by atoms with Crippen molar-refractivity contribution in [2.75, 3.05) is 64.0 Å². The van der Waals surface area contributed by atoms with Gasteiger partial charge in [0, 0.05) is 39.3 Å². The maximum atomic E-state index is 10.9. The summed E-state index contributed by atoms with van der Waals surface area (Å²) in [4.78, 5) is 21.3. The van der Waals surface area contributed by atoms with Gasteiger partial charge in [-0.15, -0.1) is 0 Å². The van der Waals surface area contributed by atoms with E-state index in [1.54, 1.807) is 0 Å². The summed E-state index contributed by atoms with van der Waals surface area (Å²) >= 11 is 0. The summed E-state index contributed by atoms with van der Waals surface area (Å²) < 4.78 is 0. The van der Waals surface area contributed by atoms with E-state index in [-0.39, 0.29) is 11.5 Å². The molecule has 0 aliphatic carbocycles. The molecule has 2 rings (SSSR count). The minimum absolute atomic E-state index is 0.00691. The predicted octanol–water partition coefficient (Wildman–Crippen LogP) is 0.256. The van der Waals surface area contributed by atoms with Crippen LogP contribution in [0.1, 0.15) is 0 Å². The second kappa shape index (κ2) is 6.68. The maximum Gasteiger partial charge on any atom is 0.276 e. The van der Waals surface area contributed by atoms with E-state index in [0.29, 0.717) is 5.82 Å². The van der Waals surface area contributed by atoms with Gasteiger partial charge in [-0.1, -0.05) is 0 Å². The SMILES string of the molecule is CN(C)CCN1CCN(c2cc([N+](=O)[O-])cc(N)n2)CC1. The molecule has 0 radical (unpaired) electrons. The monoisotopic (exact) mass is 294 g/mol. The summed E-state index contributed by atoms with van der Waals surface area (Å²) in [6, 6.07) is 2.78. The Hall–Kier alpha value is -1.93.